The number of nitrogens with zero attached hydrogens (tertiary/aromatic N) is 2. The van der Waals surface area contributed by atoms with E-state index in [4.69, 9.17) is 4.74 Å². The molecule has 1 aromatic heterocycles. The van der Waals surface area contributed by atoms with Crippen LogP contribution in [0.4, 0.5) is 5.69 Å². The van der Waals surface area contributed by atoms with Gasteiger partial charge in [-0.25, -0.2) is 0 Å². The number of benzene rings is 1. The lowest BCUT2D eigenvalue weighted by atomic mass is 9.90. The molecule has 0 aliphatic carbocycles. The van der Waals surface area contributed by atoms with Crippen molar-refractivity contribution >= 4 is 11.6 Å². The number of nitrogens with one attached hydrogen (secondary N) is 2. The van der Waals surface area contributed by atoms with Crippen LogP contribution < -0.4 is 15.0 Å². The van der Waals surface area contributed by atoms with Gasteiger partial charge < -0.3 is 15.0 Å². The minimum Gasteiger partial charge on any atom is -0.496 e. The highest BCUT2D eigenvalue weighted by atomic mass is 16.5. The predicted molar refractivity (Wildman–Crippen MR) is 84.3 cm³/mol. The number of likely N-dealkylation sites (N-methyl/N-ethyl adjacent to an activating group) is 1. The molecule has 1 aromatic carbocycles. The molecule has 1 amide bonds. The van der Waals surface area contributed by atoms with Crippen molar-refractivity contribution in [2.75, 3.05) is 19.1 Å². The molecule has 2 N–H and O–H groups in total. The second-order valence-corrected chi connectivity index (χ2v) is 5.42. The minimum atomic E-state index is -0.140. The van der Waals surface area contributed by atoms with Gasteiger partial charge in [-0.05, 0) is 12.5 Å². The van der Waals surface area contributed by atoms with Gasteiger partial charge in [0.25, 0.3) is 5.91 Å². The first-order valence-corrected chi connectivity index (χ1v) is 7.37. The number of methoxy groups -OCH3 is 1. The van der Waals surface area contributed by atoms with Gasteiger partial charge in [-0.1, -0.05) is 25.1 Å². The van der Waals surface area contributed by atoms with E-state index in [1.54, 1.807) is 13.3 Å². The van der Waals surface area contributed by atoms with E-state index in [9.17, 15) is 4.79 Å². The van der Waals surface area contributed by atoms with Gasteiger partial charge in [-0.2, -0.15) is 5.10 Å². The highest BCUT2D eigenvalue weighted by Crippen LogP contribution is 2.35. The Labute approximate surface area is 129 Å². The molecule has 22 heavy (non-hydrogen) atoms. The lowest BCUT2D eigenvalue weighted by molar-refractivity contribution is 0.0915. The number of hydrogen-bond donors (Lipinski definition) is 2. The van der Waals surface area contributed by atoms with E-state index in [1.165, 1.54) is 0 Å². The van der Waals surface area contributed by atoms with Crippen LogP contribution in [0.2, 0.25) is 0 Å². The van der Waals surface area contributed by atoms with E-state index in [0.29, 0.717) is 5.69 Å². The van der Waals surface area contributed by atoms with E-state index >= 15 is 0 Å². The molecule has 1 aliphatic heterocycles. The highest BCUT2D eigenvalue weighted by molar-refractivity contribution is 6.00. The molecule has 116 valence electrons. The van der Waals surface area contributed by atoms with E-state index in [1.807, 2.05) is 25.2 Å². The minimum absolute atomic E-state index is 0.119. The van der Waals surface area contributed by atoms with Crippen molar-refractivity contribution in [3.63, 3.8) is 0 Å². The number of carbonyl (C=O) groups is 1. The summed E-state index contributed by atoms with van der Waals surface area (Å²) >= 11 is 0. The van der Waals surface area contributed by atoms with Gasteiger partial charge in [0.1, 0.15) is 17.6 Å². The standard InChI is InChI=1S/C16H20N4O2/c1-4-10(11-7-5-6-8-13(11)22-3)15-18-16(21)14-12(20(15)2)9-17-19-14/h5-10,15H,4H2,1-3H3,(H,17,19)(H,18,21). The maximum absolute atomic E-state index is 12.3. The van der Waals surface area contributed by atoms with Gasteiger partial charge in [0.05, 0.1) is 19.0 Å². The van der Waals surface area contributed by atoms with Gasteiger partial charge in [-0.15, -0.1) is 0 Å². The second-order valence-electron chi connectivity index (χ2n) is 5.42. The van der Waals surface area contributed by atoms with Crippen molar-refractivity contribution in [3.05, 3.63) is 41.7 Å². The number of anilines is 1. The first kappa shape index (κ1) is 14.4. The fraction of sp³-hybridized carbons (Fsp3) is 0.375. The number of carbonyl (C=O) groups excluding carboxylic acids is 1. The molecular weight excluding hydrogens is 280 g/mol. The molecule has 0 spiro atoms. The quantitative estimate of drug-likeness (QED) is 0.907. The largest absolute Gasteiger partial charge is 0.496 e. The summed E-state index contributed by atoms with van der Waals surface area (Å²) in [6.07, 6.45) is 2.43. The lowest BCUT2D eigenvalue weighted by Gasteiger charge is -2.39. The van der Waals surface area contributed by atoms with Crippen molar-refractivity contribution in [3.8, 4) is 5.75 Å². The van der Waals surface area contributed by atoms with Gasteiger partial charge >= 0.3 is 0 Å². The van der Waals surface area contributed by atoms with Crippen LogP contribution in [0.3, 0.4) is 0 Å². The van der Waals surface area contributed by atoms with Crippen molar-refractivity contribution in [1.29, 1.82) is 0 Å². The van der Waals surface area contributed by atoms with Gasteiger partial charge in [0.15, 0.2) is 0 Å². The van der Waals surface area contributed by atoms with Crippen LogP contribution in [0, 0.1) is 0 Å². The van der Waals surface area contributed by atoms with Crippen LogP contribution in [0.25, 0.3) is 0 Å². The summed E-state index contributed by atoms with van der Waals surface area (Å²) in [4.78, 5) is 14.3. The first-order chi connectivity index (χ1) is 10.7. The van der Waals surface area contributed by atoms with Crippen molar-refractivity contribution in [2.45, 2.75) is 25.4 Å². The third-order valence-electron chi connectivity index (χ3n) is 4.28. The average Bonchev–Trinajstić information content (AvgIpc) is 3.03. The molecule has 0 saturated heterocycles. The molecule has 1 aliphatic rings. The first-order valence-electron chi connectivity index (χ1n) is 7.37. The number of para-hydroxylation sites is 1. The summed E-state index contributed by atoms with van der Waals surface area (Å²) in [5.41, 5.74) is 2.42. The van der Waals surface area contributed by atoms with Crippen LogP contribution in [-0.4, -0.2) is 36.4 Å². The number of fused-ring (bicyclic) bond motifs is 1. The van der Waals surface area contributed by atoms with Crippen molar-refractivity contribution in [2.24, 2.45) is 0 Å². The number of hydrogen-bond acceptors (Lipinski definition) is 4. The van der Waals surface area contributed by atoms with Crippen molar-refractivity contribution in [1.82, 2.24) is 15.5 Å². The SMILES string of the molecule is CCC(c1ccccc1OC)C1NC(=O)c2[nH]ncc2N1C. The number of H-pyrrole nitrogens is 1. The number of aromatic amines is 1. The zero-order valence-electron chi connectivity index (χ0n) is 13.0. The molecule has 2 atom stereocenters. The van der Waals surface area contributed by atoms with Crippen LogP contribution in [0.1, 0.15) is 35.3 Å². The summed E-state index contributed by atoms with van der Waals surface area (Å²) in [5.74, 6) is 0.840. The molecule has 2 unspecified atom stereocenters. The molecule has 2 aromatic rings. The summed E-state index contributed by atoms with van der Waals surface area (Å²) < 4.78 is 5.49. The Morgan fingerprint density at radius 1 is 1.41 bits per heavy atom. The maximum atomic E-state index is 12.3. The topological polar surface area (TPSA) is 70.2 Å². The Bertz CT molecular complexity index is 682. The van der Waals surface area contributed by atoms with Crippen LogP contribution in [0.15, 0.2) is 30.5 Å². The zero-order chi connectivity index (χ0) is 15.7. The number of aromatic nitrogens is 2. The van der Waals surface area contributed by atoms with Crippen molar-refractivity contribution < 1.29 is 9.53 Å². The van der Waals surface area contributed by atoms with Crippen LogP contribution >= 0.6 is 0 Å². The Morgan fingerprint density at radius 2 is 2.18 bits per heavy atom. The Hall–Kier alpha value is -2.50. The Morgan fingerprint density at radius 3 is 2.91 bits per heavy atom. The second kappa shape index (κ2) is 5.71. The average molecular weight is 300 g/mol. The van der Waals surface area contributed by atoms with Gasteiger partial charge in [0, 0.05) is 18.5 Å². The molecule has 0 fully saturated rings. The van der Waals surface area contributed by atoms with E-state index < -0.39 is 0 Å². The normalized spacial score (nSPS) is 18.6. The van der Waals surface area contributed by atoms with E-state index in [2.05, 4.69) is 33.4 Å². The monoisotopic (exact) mass is 300 g/mol. The molecule has 0 saturated carbocycles. The van der Waals surface area contributed by atoms with E-state index in [-0.39, 0.29) is 18.0 Å². The molecular formula is C16H20N4O2. The predicted octanol–water partition coefficient (Wildman–Crippen LogP) is 2.12. The summed E-state index contributed by atoms with van der Waals surface area (Å²) in [5, 5.41) is 9.80. The third kappa shape index (κ3) is 2.20. The molecule has 6 heteroatoms. The Kier molecular flexibility index (Phi) is 3.75. The third-order valence-corrected chi connectivity index (χ3v) is 4.28. The molecule has 0 bridgehead atoms. The summed E-state index contributed by atoms with van der Waals surface area (Å²) in [7, 11) is 3.64. The van der Waals surface area contributed by atoms with Crippen LogP contribution in [-0.2, 0) is 0 Å². The number of rotatable bonds is 4. The lowest BCUT2D eigenvalue weighted by Crippen LogP contribution is -2.54. The van der Waals surface area contributed by atoms with E-state index in [0.717, 1.165) is 23.4 Å². The van der Waals surface area contributed by atoms with Crippen LogP contribution in [0.5, 0.6) is 5.75 Å². The molecule has 2 heterocycles. The summed E-state index contributed by atoms with van der Waals surface area (Å²) in [6, 6.07) is 7.95. The Balaban J connectivity index is 2.00. The molecule has 3 rings (SSSR count). The van der Waals surface area contributed by atoms with Gasteiger partial charge in [-0.3, -0.25) is 9.89 Å². The molecule has 0 radical (unpaired) electrons. The van der Waals surface area contributed by atoms with Gasteiger partial charge in [0.2, 0.25) is 0 Å². The fourth-order valence-electron chi connectivity index (χ4n) is 3.12. The summed E-state index contributed by atoms with van der Waals surface area (Å²) in [6.45, 7) is 2.11. The molecule has 6 nitrogen and oxygen atoms in total. The number of ether oxygens (including phenoxy) is 1. The fourth-order valence-corrected chi connectivity index (χ4v) is 3.12. The number of amides is 1. The smallest absolute Gasteiger partial charge is 0.273 e. The zero-order valence-corrected chi connectivity index (χ0v) is 13.0. The highest BCUT2D eigenvalue weighted by Gasteiger charge is 2.36. The maximum Gasteiger partial charge on any atom is 0.273 e.